The molecule has 0 aromatic heterocycles. The number of piperazine rings is 1. The zero-order valence-electron chi connectivity index (χ0n) is 19.4. The number of halogens is 1. The molecular formula is C23H38IN5O3. The number of benzene rings is 1. The molecule has 1 aromatic carbocycles. The number of nitrogens with zero attached hydrogens (tertiary/aromatic N) is 2. The summed E-state index contributed by atoms with van der Waals surface area (Å²) in [6.45, 7) is 8.91. The second-order valence-electron chi connectivity index (χ2n) is 8.05. The predicted octanol–water partition coefficient (Wildman–Crippen LogP) is 2.26. The SMILES string of the molecule is CCCC(O)(CCC)CNC(=NCc1ccc(C(=O)N2CCNC(=O)C2)cc1)NCC.I. The van der Waals surface area contributed by atoms with Crippen LogP contribution in [0.5, 0.6) is 0 Å². The van der Waals surface area contributed by atoms with Gasteiger partial charge in [0.05, 0.1) is 18.7 Å². The Hall–Kier alpha value is -1.88. The highest BCUT2D eigenvalue weighted by Crippen LogP contribution is 2.18. The van der Waals surface area contributed by atoms with Gasteiger partial charge in [0.2, 0.25) is 5.91 Å². The summed E-state index contributed by atoms with van der Waals surface area (Å²) in [5.74, 6) is 0.400. The lowest BCUT2D eigenvalue weighted by Crippen LogP contribution is -2.49. The highest BCUT2D eigenvalue weighted by Gasteiger charge is 2.25. The summed E-state index contributed by atoms with van der Waals surface area (Å²) in [6.07, 6.45) is 3.36. The molecule has 0 aliphatic carbocycles. The summed E-state index contributed by atoms with van der Waals surface area (Å²) in [5.41, 5.74) is 0.812. The van der Waals surface area contributed by atoms with Crippen molar-refractivity contribution in [2.45, 2.75) is 58.6 Å². The monoisotopic (exact) mass is 559 g/mol. The van der Waals surface area contributed by atoms with Crippen LogP contribution >= 0.6 is 24.0 Å². The van der Waals surface area contributed by atoms with Crippen molar-refractivity contribution in [1.82, 2.24) is 20.9 Å². The first-order valence-electron chi connectivity index (χ1n) is 11.3. The van der Waals surface area contributed by atoms with E-state index in [9.17, 15) is 14.7 Å². The van der Waals surface area contributed by atoms with Gasteiger partial charge in [-0.2, -0.15) is 0 Å². The average Bonchev–Trinajstić information content (AvgIpc) is 2.76. The minimum Gasteiger partial charge on any atom is -0.388 e. The summed E-state index contributed by atoms with van der Waals surface area (Å²) in [6, 6.07) is 7.33. The first-order chi connectivity index (χ1) is 14.9. The third-order valence-corrected chi connectivity index (χ3v) is 5.31. The fourth-order valence-corrected chi connectivity index (χ4v) is 3.74. The third kappa shape index (κ3) is 8.93. The number of aliphatic imine (C=N–C) groups is 1. The quantitative estimate of drug-likeness (QED) is 0.200. The number of carbonyl (C=O) groups excluding carboxylic acids is 2. The number of carbonyl (C=O) groups is 2. The van der Waals surface area contributed by atoms with Crippen LogP contribution in [0.25, 0.3) is 0 Å². The van der Waals surface area contributed by atoms with E-state index in [2.05, 4.69) is 34.8 Å². The number of amides is 2. The van der Waals surface area contributed by atoms with Crippen LogP contribution in [0.1, 0.15) is 62.4 Å². The average molecular weight is 559 g/mol. The second kappa shape index (κ2) is 14.3. The smallest absolute Gasteiger partial charge is 0.254 e. The van der Waals surface area contributed by atoms with Crippen molar-refractivity contribution in [3.05, 3.63) is 35.4 Å². The van der Waals surface area contributed by atoms with Crippen LogP contribution in [-0.4, -0.2) is 66.1 Å². The summed E-state index contributed by atoms with van der Waals surface area (Å²) in [5, 5.41) is 20.0. The maximum atomic E-state index is 12.6. The topological polar surface area (TPSA) is 106 Å². The molecule has 1 aliphatic rings. The Labute approximate surface area is 208 Å². The van der Waals surface area contributed by atoms with Gasteiger partial charge in [0.1, 0.15) is 0 Å². The van der Waals surface area contributed by atoms with Crippen molar-refractivity contribution in [3.63, 3.8) is 0 Å². The molecule has 2 amide bonds. The molecule has 0 bridgehead atoms. The zero-order valence-corrected chi connectivity index (χ0v) is 21.8. The first kappa shape index (κ1) is 28.2. The van der Waals surface area contributed by atoms with E-state index in [4.69, 9.17) is 0 Å². The van der Waals surface area contributed by atoms with E-state index in [1.54, 1.807) is 17.0 Å². The Morgan fingerprint density at radius 2 is 1.81 bits per heavy atom. The second-order valence-corrected chi connectivity index (χ2v) is 8.05. The van der Waals surface area contributed by atoms with Gasteiger partial charge in [-0.15, -0.1) is 24.0 Å². The fraction of sp³-hybridized carbons (Fsp3) is 0.609. The molecule has 32 heavy (non-hydrogen) atoms. The van der Waals surface area contributed by atoms with E-state index in [1.165, 1.54) is 0 Å². The van der Waals surface area contributed by atoms with E-state index < -0.39 is 5.60 Å². The molecule has 2 rings (SSSR count). The molecule has 1 fully saturated rings. The molecule has 1 heterocycles. The highest BCUT2D eigenvalue weighted by molar-refractivity contribution is 14.0. The Bertz CT molecular complexity index is 749. The largest absolute Gasteiger partial charge is 0.388 e. The Morgan fingerprint density at radius 1 is 1.16 bits per heavy atom. The van der Waals surface area contributed by atoms with Gasteiger partial charge >= 0.3 is 0 Å². The minimum atomic E-state index is -0.729. The maximum absolute atomic E-state index is 12.6. The van der Waals surface area contributed by atoms with E-state index >= 15 is 0 Å². The van der Waals surface area contributed by atoms with Gasteiger partial charge in [0.15, 0.2) is 5.96 Å². The van der Waals surface area contributed by atoms with Crippen molar-refractivity contribution in [2.24, 2.45) is 4.99 Å². The van der Waals surface area contributed by atoms with Gasteiger partial charge < -0.3 is 26.0 Å². The highest BCUT2D eigenvalue weighted by atomic mass is 127. The molecule has 4 N–H and O–H groups in total. The van der Waals surface area contributed by atoms with Gasteiger partial charge in [-0.25, -0.2) is 4.99 Å². The molecule has 1 aromatic rings. The molecule has 1 aliphatic heterocycles. The Kier molecular flexibility index (Phi) is 12.6. The lowest BCUT2D eigenvalue weighted by Gasteiger charge is -2.28. The molecule has 8 nitrogen and oxygen atoms in total. The van der Waals surface area contributed by atoms with E-state index in [0.29, 0.717) is 37.7 Å². The van der Waals surface area contributed by atoms with Crippen LogP contribution < -0.4 is 16.0 Å². The van der Waals surface area contributed by atoms with E-state index in [0.717, 1.165) is 37.8 Å². The van der Waals surface area contributed by atoms with Crippen molar-refractivity contribution in [3.8, 4) is 0 Å². The van der Waals surface area contributed by atoms with Crippen LogP contribution in [0.2, 0.25) is 0 Å². The first-order valence-corrected chi connectivity index (χ1v) is 11.3. The van der Waals surface area contributed by atoms with Crippen molar-refractivity contribution < 1.29 is 14.7 Å². The number of aliphatic hydroxyl groups is 1. The lowest BCUT2D eigenvalue weighted by molar-refractivity contribution is -0.123. The molecule has 0 spiro atoms. The number of nitrogens with one attached hydrogen (secondary N) is 3. The maximum Gasteiger partial charge on any atom is 0.254 e. The third-order valence-electron chi connectivity index (χ3n) is 5.31. The molecule has 0 unspecified atom stereocenters. The van der Waals surface area contributed by atoms with Gasteiger partial charge in [-0.3, -0.25) is 9.59 Å². The number of rotatable bonds is 10. The number of hydrogen-bond acceptors (Lipinski definition) is 4. The van der Waals surface area contributed by atoms with Crippen LogP contribution in [0.3, 0.4) is 0 Å². The predicted molar refractivity (Wildman–Crippen MR) is 138 cm³/mol. The molecule has 180 valence electrons. The molecule has 0 saturated carbocycles. The van der Waals surface area contributed by atoms with Gasteiger partial charge in [0.25, 0.3) is 5.91 Å². The molecule has 0 radical (unpaired) electrons. The minimum absolute atomic E-state index is 0. The number of hydrogen-bond donors (Lipinski definition) is 4. The van der Waals surface area contributed by atoms with Crippen LogP contribution in [0.15, 0.2) is 29.3 Å². The van der Waals surface area contributed by atoms with Crippen LogP contribution in [0, 0.1) is 0 Å². The molecular weight excluding hydrogens is 521 g/mol. The van der Waals surface area contributed by atoms with Crippen molar-refractivity contribution in [2.75, 3.05) is 32.7 Å². The summed E-state index contributed by atoms with van der Waals surface area (Å²) < 4.78 is 0. The number of guanidine groups is 1. The van der Waals surface area contributed by atoms with Gasteiger partial charge in [0, 0.05) is 31.7 Å². The fourth-order valence-electron chi connectivity index (χ4n) is 3.74. The zero-order chi connectivity index (χ0) is 22.7. The van der Waals surface area contributed by atoms with Crippen molar-refractivity contribution >= 4 is 41.8 Å². The Morgan fingerprint density at radius 3 is 2.38 bits per heavy atom. The summed E-state index contributed by atoms with van der Waals surface area (Å²) in [4.78, 5) is 30.3. The Balaban J connectivity index is 0.00000512. The van der Waals surface area contributed by atoms with E-state index in [-0.39, 0.29) is 42.3 Å². The molecule has 0 atom stereocenters. The lowest BCUT2D eigenvalue weighted by atomic mass is 9.93. The normalized spacial score (nSPS) is 14.4. The molecule has 9 heteroatoms. The van der Waals surface area contributed by atoms with Crippen molar-refractivity contribution in [1.29, 1.82) is 0 Å². The van der Waals surface area contributed by atoms with Gasteiger partial charge in [-0.05, 0) is 37.5 Å². The standard InChI is InChI=1S/C23H37N5O3.HI/c1-4-11-23(31,12-5-2)17-27-22(24-6-3)26-15-18-7-9-19(10-8-18)21(30)28-14-13-25-20(29)16-28;/h7-10,31H,4-6,11-17H2,1-3H3,(H,25,29)(H2,24,26,27);1H. The summed E-state index contributed by atoms with van der Waals surface area (Å²) >= 11 is 0. The van der Waals surface area contributed by atoms with Crippen LogP contribution in [-0.2, 0) is 11.3 Å². The summed E-state index contributed by atoms with van der Waals surface area (Å²) in [7, 11) is 0. The molecule has 1 saturated heterocycles. The van der Waals surface area contributed by atoms with Gasteiger partial charge in [-0.1, -0.05) is 38.8 Å². The van der Waals surface area contributed by atoms with Crippen LogP contribution in [0.4, 0.5) is 0 Å². The van der Waals surface area contributed by atoms with E-state index in [1.807, 2.05) is 19.1 Å².